The van der Waals surface area contributed by atoms with Crippen LogP contribution in [-0.2, 0) is 9.59 Å². The van der Waals surface area contributed by atoms with Gasteiger partial charge in [-0.2, -0.15) is 0 Å². The largest absolute Gasteiger partial charge is 0.339 e. The number of hydrogen-bond donors (Lipinski definition) is 1. The summed E-state index contributed by atoms with van der Waals surface area (Å²) in [6, 6.07) is 0.478. The molecule has 0 aliphatic carbocycles. The van der Waals surface area contributed by atoms with Gasteiger partial charge in [-0.15, -0.1) is 0 Å². The first-order valence-electron chi connectivity index (χ1n) is 8.03. The van der Waals surface area contributed by atoms with E-state index in [0.29, 0.717) is 38.8 Å². The van der Waals surface area contributed by atoms with Crippen LogP contribution in [0.15, 0.2) is 0 Å². The monoisotopic (exact) mass is 296 g/mol. The maximum atomic E-state index is 12.5. The summed E-state index contributed by atoms with van der Waals surface area (Å²) in [5.41, 5.74) is 0. The molecule has 2 amide bonds. The Kier molecular flexibility index (Phi) is 5.99. The van der Waals surface area contributed by atoms with Crippen molar-refractivity contribution in [3.05, 3.63) is 0 Å². The van der Waals surface area contributed by atoms with Crippen molar-refractivity contribution in [2.75, 3.05) is 52.9 Å². The van der Waals surface area contributed by atoms with Gasteiger partial charge in [0.2, 0.25) is 11.8 Å². The molecule has 2 rings (SSSR count). The molecule has 1 unspecified atom stereocenters. The molecule has 0 aromatic carbocycles. The third kappa shape index (κ3) is 4.41. The highest BCUT2D eigenvalue weighted by atomic mass is 16.2. The van der Waals surface area contributed by atoms with E-state index in [1.807, 2.05) is 16.8 Å². The van der Waals surface area contributed by atoms with Crippen LogP contribution < -0.4 is 5.32 Å². The highest BCUT2D eigenvalue weighted by molar-refractivity contribution is 5.79. The van der Waals surface area contributed by atoms with Crippen molar-refractivity contribution in [3.8, 4) is 0 Å². The standard InChI is InChI=1S/C15H28N4O2/c1-13(20)17-7-9-18(10-8-17)15(21)12-19-6-4-3-5-14(19)11-16-2/h14,16H,3-12H2,1-2H3. The zero-order valence-corrected chi connectivity index (χ0v) is 13.3. The fraction of sp³-hybridized carbons (Fsp3) is 0.867. The van der Waals surface area contributed by atoms with Crippen LogP contribution in [0.1, 0.15) is 26.2 Å². The maximum Gasteiger partial charge on any atom is 0.236 e. The number of piperazine rings is 1. The number of carbonyl (C=O) groups is 2. The first kappa shape index (κ1) is 16.2. The van der Waals surface area contributed by atoms with Crippen LogP contribution in [-0.4, -0.2) is 85.4 Å². The third-order valence-corrected chi connectivity index (χ3v) is 4.60. The number of likely N-dealkylation sites (N-methyl/N-ethyl adjacent to an activating group) is 1. The number of nitrogens with zero attached hydrogens (tertiary/aromatic N) is 3. The second-order valence-electron chi connectivity index (χ2n) is 6.06. The van der Waals surface area contributed by atoms with Crippen LogP contribution in [0.25, 0.3) is 0 Å². The van der Waals surface area contributed by atoms with E-state index in [0.717, 1.165) is 13.1 Å². The smallest absolute Gasteiger partial charge is 0.236 e. The van der Waals surface area contributed by atoms with Crippen LogP contribution in [0.3, 0.4) is 0 Å². The zero-order valence-electron chi connectivity index (χ0n) is 13.3. The summed E-state index contributed by atoms with van der Waals surface area (Å²) in [5, 5.41) is 3.23. The van der Waals surface area contributed by atoms with Gasteiger partial charge in [0.1, 0.15) is 0 Å². The molecule has 2 heterocycles. The van der Waals surface area contributed by atoms with Gasteiger partial charge in [-0.1, -0.05) is 6.42 Å². The zero-order chi connectivity index (χ0) is 15.2. The Balaban J connectivity index is 1.82. The van der Waals surface area contributed by atoms with Gasteiger partial charge >= 0.3 is 0 Å². The topological polar surface area (TPSA) is 55.9 Å². The minimum absolute atomic E-state index is 0.104. The lowest BCUT2D eigenvalue weighted by Crippen LogP contribution is -2.54. The van der Waals surface area contributed by atoms with Crippen LogP contribution in [0.2, 0.25) is 0 Å². The quantitative estimate of drug-likeness (QED) is 0.777. The molecule has 1 atom stereocenters. The summed E-state index contributed by atoms with van der Waals surface area (Å²) in [6.45, 7) is 6.75. The second-order valence-corrected chi connectivity index (χ2v) is 6.06. The number of hydrogen-bond acceptors (Lipinski definition) is 4. The van der Waals surface area contributed by atoms with Gasteiger partial charge in [-0.05, 0) is 26.4 Å². The van der Waals surface area contributed by atoms with Crippen molar-refractivity contribution >= 4 is 11.8 Å². The molecular weight excluding hydrogens is 268 g/mol. The molecule has 0 aromatic rings. The second kappa shape index (κ2) is 7.75. The van der Waals surface area contributed by atoms with Crippen molar-refractivity contribution in [2.45, 2.75) is 32.2 Å². The van der Waals surface area contributed by atoms with E-state index >= 15 is 0 Å². The van der Waals surface area contributed by atoms with Crippen molar-refractivity contribution in [2.24, 2.45) is 0 Å². The molecule has 2 aliphatic rings. The maximum absolute atomic E-state index is 12.5. The number of carbonyl (C=O) groups excluding carboxylic acids is 2. The van der Waals surface area contributed by atoms with Crippen LogP contribution in [0, 0.1) is 0 Å². The van der Waals surface area contributed by atoms with Crippen LogP contribution in [0.5, 0.6) is 0 Å². The van der Waals surface area contributed by atoms with Crippen molar-refractivity contribution < 1.29 is 9.59 Å². The van der Waals surface area contributed by atoms with Gasteiger partial charge < -0.3 is 15.1 Å². The lowest BCUT2D eigenvalue weighted by molar-refractivity contribution is -0.139. The fourth-order valence-corrected chi connectivity index (χ4v) is 3.28. The van der Waals surface area contributed by atoms with E-state index in [-0.39, 0.29) is 11.8 Å². The Morgan fingerprint density at radius 1 is 1.05 bits per heavy atom. The Morgan fingerprint density at radius 2 is 1.71 bits per heavy atom. The first-order valence-corrected chi connectivity index (χ1v) is 8.03. The number of rotatable bonds is 4. The van der Waals surface area contributed by atoms with E-state index in [2.05, 4.69) is 10.2 Å². The highest BCUT2D eigenvalue weighted by Gasteiger charge is 2.27. The summed E-state index contributed by atoms with van der Waals surface area (Å²) in [7, 11) is 1.97. The average Bonchev–Trinajstić information content (AvgIpc) is 2.49. The number of piperidine rings is 1. The summed E-state index contributed by atoms with van der Waals surface area (Å²) < 4.78 is 0. The number of amides is 2. The third-order valence-electron chi connectivity index (χ3n) is 4.60. The summed E-state index contributed by atoms with van der Waals surface area (Å²) in [5.74, 6) is 0.313. The van der Waals surface area contributed by atoms with Gasteiger partial charge in [0.05, 0.1) is 6.54 Å². The van der Waals surface area contributed by atoms with E-state index in [4.69, 9.17) is 0 Å². The SMILES string of the molecule is CNCC1CCCCN1CC(=O)N1CCN(C(C)=O)CC1. The fourth-order valence-electron chi connectivity index (χ4n) is 3.28. The first-order chi connectivity index (χ1) is 10.1. The molecule has 2 aliphatic heterocycles. The van der Waals surface area contributed by atoms with Gasteiger partial charge in [-0.3, -0.25) is 14.5 Å². The molecule has 0 saturated carbocycles. The molecule has 0 bridgehead atoms. The minimum atomic E-state index is 0.104. The number of likely N-dealkylation sites (tertiary alicyclic amines) is 1. The average molecular weight is 296 g/mol. The predicted molar refractivity (Wildman–Crippen MR) is 82.0 cm³/mol. The summed E-state index contributed by atoms with van der Waals surface area (Å²) in [4.78, 5) is 29.8. The molecule has 1 N–H and O–H groups in total. The molecule has 2 fully saturated rings. The molecule has 2 saturated heterocycles. The number of nitrogens with one attached hydrogen (secondary N) is 1. The molecule has 21 heavy (non-hydrogen) atoms. The van der Waals surface area contributed by atoms with Gasteiger partial charge in [0.15, 0.2) is 0 Å². The molecule has 0 aromatic heterocycles. The Hall–Kier alpha value is -1.14. The van der Waals surface area contributed by atoms with Crippen molar-refractivity contribution in [3.63, 3.8) is 0 Å². The van der Waals surface area contributed by atoms with E-state index < -0.39 is 0 Å². The van der Waals surface area contributed by atoms with Crippen molar-refractivity contribution in [1.29, 1.82) is 0 Å². The van der Waals surface area contributed by atoms with E-state index in [9.17, 15) is 9.59 Å². The minimum Gasteiger partial charge on any atom is -0.339 e. The van der Waals surface area contributed by atoms with E-state index in [1.165, 1.54) is 19.3 Å². The molecule has 120 valence electrons. The molecule has 6 heteroatoms. The Labute approximate surface area is 127 Å². The normalized spacial score (nSPS) is 24.2. The van der Waals surface area contributed by atoms with Crippen molar-refractivity contribution in [1.82, 2.24) is 20.0 Å². The predicted octanol–water partition coefficient (Wildman–Crippen LogP) is -0.249. The molecule has 0 spiro atoms. The van der Waals surface area contributed by atoms with Crippen LogP contribution >= 0.6 is 0 Å². The molecular formula is C15H28N4O2. The summed E-state index contributed by atoms with van der Waals surface area (Å²) in [6.07, 6.45) is 3.62. The Morgan fingerprint density at radius 3 is 2.33 bits per heavy atom. The molecule has 0 radical (unpaired) electrons. The summed E-state index contributed by atoms with van der Waals surface area (Å²) >= 11 is 0. The Bertz CT molecular complexity index is 365. The van der Waals surface area contributed by atoms with Gasteiger partial charge in [-0.25, -0.2) is 0 Å². The van der Waals surface area contributed by atoms with Gasteiger partial charge in [0.25, 0.3) is 0 Å². The van der Waals surface area contributed by atoms with Gasteiger partial charge in [0, 0.05) is 45.7 Å². The van der Waals surface area contributed by atoms with E-state index in [1.54, 1.807) is 6.92 Å². The molecule has 6 nitrogen and oxygen atoms in total. The lowest BCUT2D eigenvalue weighted by Gasteiger charge is -2.38. The lowest BCUT2D eigenvalue weighted by atomic mass is 10.0. The van der Waals surface area contributed by atoms with Crippen LogP contribution in [0.4, 0.5) is 0 Å². The highest BCUT2D eigenvalue weighted by Crippen LogP contribution is 2.16.